The zero-order chi connectivity index (χ0) is 28.0. The van der Waals surface area contributed by atoms with Gasteiger partial charge in [0.05, 0.1) is 24.8 Å². The van der Waals surface area contributed by atoms with Gasteiger partial charge in [-0.15, -0.1) is 10.2 Å². The van der Waals surface area contributed by atoms with E-state index in [9.17, 15) is 14.4 Å². The van der Waals surface area contributed by atoms with Crippen molar-refractivity contribution >= 4 is 29.3 Å². The fourth-order valence-electron chi connectivity index (χ4n) is 3.39. The third-order valence-electron chi connectivity index (χ3n) is 5.29. The number of hydrogen-bond acceptors (Lipinski definition) is 9. The summed E-state index contributed by atoms with van der Waals surface area (Å²) in [6, 6.07) is 18.1. The summed E-state index contributed by atoms with van der Waals surface area (Å²) >= 11 is 0. The first-order valence-corrected chi connectivity index (χ1v) is 11.9. The van der Waals surface area contributed by atoms with Gasteiger partial charge in [0.1, 0.15) is 17.1 Å². The van der Waals surface area contributed by atoms with E-state index in [1.807, 2.05) is 0 Å². The number of aliphatic carboxylic acids is 1. The van der Waals surface area contributed by atoms with Crippen LogP contribution in [0.3, 0.4) is 0 Å². The van der Waals surface area contributed by atoms with E-state index in [-0.39, 0.29) is 54.5 Å². The smallest absolute Gasteiger partial charge is 0.343 e. The molecule has 2 N–H and O–H groups in total. The molecule has 0 aliphatic carbocycles. The van der Waals surface area contributed by atoms with Crippen LogP contribution in [-0.2, 0) is 16.0 Å². The first-order valence-electron chi connectivity index (χ1n) is 12.3. The molecular formula is C28H28N2O8. The third kappa shape index (κ3) is 8.24. The molecule has 198 valence electrons. The molecule has 0 saturated carbocycles. The van der Waals surface area contributed by atoms with Crippen LogP contribution in [0.15, 0.2) is 77.0 Å². The van der Waals surface area contributed by atoms with E-state index >= 15 is 0 Å². The highest BCUT2D eigenvalue weighted by Gasteiger charge is 2.15. The summed E-state index contributed by atoms with van der Waals surface area (Å²) in [6.07, 6.45) is 1.37. The second-order valence-electron chi connectivity index (χ2n) is 8.08. The quantitative estimate of drug-likeness (QED) is 0.126. The fourth-order valence-corrected chi connectivity index (χ4v) is 3.39. The van der Waals surface area contributed by atoms with Crippen molar-refractivity contribution in [1.82, 2.24) is 0 Å². The minimum absolute atomic E-state index is 0.0784. The summed E-state index contributed by atoms with van der Waals surface area (Å²) in [4.78, 5) is 35.7. The molecule has 0 fully saturated rings. The number of carboxylic acid groups (broad SMARTS) is 1. The number of esters is 2. The maximum atomic E-state index is 12.5. The summed E-state index contributed by atoms with van der Waals surface area (Å²) in [5, 5.41) is 21.7. The lowest BCUT2D eigenvalue weighted by molar-refractivity contribution is -0.137. The number of methoxy groups -OCH3 is 1. The monoisotopic (exact) mass is 521 g/mol. The highest BCUT2D eigenvalue weighted by molar-refractivity contribution is 5.95. The van der Waals surface area contributed by atoms with E-state index < -0.39 is 17.9 Å². The molecule has 3 aromatic carbocycles. The van der Waals surface area contributed by atoms with Crippen LogP contribution >= 0.6 is 0 Å². The van der Waals surface area contributed by atoms with Gasteiger partial charge in [0.15, 0.2) is 5.75 Å². The molecule has 0 amide bonds. The minimum atomic E-state index is -0.949. The Bertz CT molecular complexity index is 1310. The van der Waals surface area contributed by atoms with Crippen LogP contribution in [0.2, 0.25) is 0 Å². The van der Waals surface area contributed by atoms with Crippen LogP contribution in [0.25, 0.3) is 0 Å². The number of carbonyl (C=O) groups is 3. The van der Waals surface area contributed by atoms with Gasteiger partial charge in [-0.1, -0.05) is 24.3 Å². The van der Waals surface area contributed by atoms with Gasteiger partial charge in [0.2, 0.25) is 1.43 Å². The fraction of sp³-hybridized carbons (Fsp3) is 0.250. The molecule has 10 nitrogen and oxygen atoms in total. The lowest BCUT2D eigenvalue weighted by atomic mass is 10.0. The molecule has 38 heavy (non-hydrogen) atoms. The van der Waals surface area contributed by atoms with Crippen molar-refractivity contribution < 1.29 is 38.8 Å². The molecule has 10 heteroatoms. The minimum Gasteiger partial charge on any atom is -0.491 e. The molecule has 3 aromatic rings. The van der Waals surface area contributed by atoms with Crippen LogP contribution in [0.5, 0.6) is 11.5 Å². The molecule has 0 unspecified atom stereocenters. The first kappa shape index (κ1) is 26.5. The van der Waals surface area contributed by atoms with Gasteiger partial charge in [0, 0.05) is 19.1 Å². The van der Waals surface area contributed by atoms with Crippen molar-refractivity contribution in [1.29, 1.82) is 1.43 Å². The molecule has 0 saturated heterocycles. The second kappa shape index (κ2) is 14.2. The van der Waals surface area contributed by atoms with Gasteiger partial charge in [0.25, 0.3) is 0 Å². The molecular weight excluding hydrogens is 492 g/mol. The predicted octanol–water partition coefficient (Wildman–Crippen LogP) is 5.28. The standard InChI is InChI=1S/C28H28N2O8/c1-36-28(35)22-17-19(7-5-15-31)11-13-23(22)29-30-24-14-12-21(18-25(24)37-16-6-10-26(32)33)38-27(34)20-8-3-2-4-9-20/h2-4,8-9,11-14,17-18,31H,5-7,10,15-16H2,1H3,(H,32,33)/i31D. The van der Waals surface area contributed by atoms with Crippen LogP contribution < -0.4 is 9.47 Å². The average molecular weight is 522 g/mol. The number of hydrogen-bond donors (Lipinski definition) is 2. The zero-order valence-electron chi connectivity index (χ0n) is 21.8. The number of azo groups is 1. The number of aryl methyl sites for hydroxylation is 1. The second-order valence-corrected chi connectivity index (χ2v) is 8.08. The van der Waals surface area contributed by atoms with Crippen molar-refractivity contribution in [3.8, 4) is 11.5 Å². The van der Waals surface area contributed by atoms with E-state index in [0.29, 0.717) is 18.4 Å². The molecule has 3 rings (SSSR count). The Morgan fingerprint density at radius 1 is 0.921 bits per heavy atom. The van der Waals surface area contributed by atoms with E-state index in [2.05, 4.69) is 15.3 Å². The van der Waals surface area contributed by atoms with Crippen molar-refractivity contribution in [2.45, 2.75) is 25.7 Å². The zero-order valence-corrected chi connectivity index (χ0v) is 20.8. The van der Waals surface area contributed by atoms with Crippen LogP contribution in [-0.4, -0.2) is 49.9 Å². The third-order valence-corrected chi connectivity index (χ3v) is 5.29. The highest BCUT2D eigenvalue weighted by Crippen LogP contribution is 2.34. The summed E-state index contributed by atoms with van der Waals surface area (Å²) in [5.41, 5.74) is 1.97. The number of aliphatic hydroxyl groups excluding tert-OH is 1. The number of nitrogens with zero attached hydrogens (tertiary/aromatic N) is 2. The number of ether oxygens (including phenoxy) is 3. The number of carboxylic acids is 1. The van der Waals surface area contributed by atoms with Gasteiger partial charge in [-0.2, -0.15) is 0 Å². The molecule has 0 aliphatic heterocycles. The van der Waals surface area contributed by atoms with Crippen molar-refractivity contribution in [3.05, 3.63) is 83.4 Å². The van der Waals surface area contributed by atoms with Crippen LogP contribution in [0.1, 0.15) is 45.5 Å². The molecule has 0 spiro atoms. The van der Waals surface area contributed by atoms with Gasteiger partial charge in [-0.25, -0.2) is 9.59 Å². The summed E-state index contributed by atoms with van der Waals surface area (Å²) < 4.78 is 22.9. The van der Waals surface area contributed by atoms with Crippen molar-refractivity contribution in [2.24, 2.45) is 10.2 Å². The Labute approximate surface area is 221 Å². The first-order chi connectivity index (χ1) is 18.9. The van der Waals surface area contributed by atoms with Crippen molar-refractivity contribution in [2.75, 3.05) is 20.3 Å². The van der Waals surface area contributed by atoms with E-state index in [1.54, 1.807) is 48.5 Å². The van der Waals surface area contributed by atoms with Gasteiger partial charge in [-0.3, -0.25) is 4.79 Å². The van der Waals surface area contributed by atoms with E-state index in [1.165, 1.54) is 25.3 Å². The number of benzene rings is 3. The summed E-state index contributed by atoms with van der Waals surface area (Å²) in [6.45, 7) is 0.343. The maximum Gasteiger partial charge on any atom is 0.343 e. The van der Waals surface area contributed by atoms with E-state index in [0.717, 1.165) is 5.56 Å². The lowest BCUT2D eigenvalue weighted by Gasteiger charge is -2.11. The summed E-state index contributed by atoms with van der Waals surface area (Å²) in [7, 11) is 1.27. The highest BCUT2D eigenvalue weighted by atomic mass is 16.5. The van der Waals surface area contributed by atoms with Gasteiger partial charge < -0.3 is 24.4 Å². The van der Waals surface area contributed by atoms with E-state index in [4.69, 9.17) is 20.7 Å². The Kier molecular flexibility index (Phi) is 9.93. The molecule has 0 aliphatic rings. The number of rotatable bonds is 14. The molecule has 0 heterocycles. The molecule has 0 atom stereocenters. The Balaban J connectivity index is 1.86. The molecule has 0 bridgehead atoms. The maximum absolute atomic E-state index is 12.5. The number of aliphatic hydroxyl groups is 1. The van der Waals surface area contributed by atoms with Crippen LogP contribution in [0.4, 0.5) is 11.4 Å². The number of carbonyl (C=O) groups excluding carboxylic acids is 2. The lowest BCUT2D eigenvalue weighted by Crippen LogP contribution is -2.08. The molecule has 0 radical (unpaired) electrons. The molecule has 0 aromatic heterocycles. The van der Waals surface area contributed by atoms with Gasteiger partial charge in [-0.05, 0) is 61.2 Å². The summed E-state index contributed by atoms with van der Waals surface area (Å²) in [5.74, 6) is -1.67. The van der Waals surface area contributed by atoms with Crippen LogP contribution in [0, 0.1) is 0 Å². The average Bonchev–Trinajstić information content (AvgIpc) is 2.95. The predicted molar refractivity (Wildman–Crippen MR) is 138 cm³/mol. The van der Waals surface area contributed by atoms with Gasteiger partial charge >= 0.3 is 17.9 Å². The normalized spacial score (nSPS) is 11.1. The Morgan fingerprint density at radius 3 is 2.42 bits per heavy atom. The Hall–Kier alpha value is -4.57. The Morgan fingerprint density at radius 2 is 1.68 bits per heavy atom. The topological polar surface area (TPSA) is 144 Å². The SMILES string of the molecule is [2H]OCCCc1ccc(N=Nc2ccc(OC(=O)c3ccccc3)cc2OCCCC(=O)O)c(C(=O)OC)c1. The largest absolute Gasteiger partial charge is 0.491 e. The van der Waals surface area contributed by atoms with Crippen molar-refractivity contribution in [3.63, 3.8) is 0 Å².